The maximum atomic E-state index is 5.90. The van der Waals surface area contributed by atoms with E-state index in [1.54, 1.807) is 4.52 Å². The van der Waals surface area contributed by atoms with Gasteiger partial charge in [0.05, 0.1) is 0 Å². The molecule has 4 aromatic heterocycles. The Morgan fingerprint density at radius 2 is 2.08 bits per heavy atom. The number of aromatic nitrogens is 6. The van der Waals surface area contributed by atoms with Crippen LogP contribution in [0.1, 0.15) is 19.5 Å². The molecule has 1 N–H and O–H groups in total. The Bertz CT molecular complexity index is 1180. The lowest BCUT2D eigenvalue weighted by molar-refractivity contribution is 0.622. The minimum atomic E-state index is 0.570. The second-order valence-corrected chi connectivity index (χ2v) is 7.61. The van der Waals surface area contributed by atoms with Gasteiger partial charge >= 0.3 is 0 Å². The van der Waals surface area contributed by atoms with Crippen molar-refractivity contribution in [1.29, 1.82) is 0 Å². The standard InChI is InChI=1S/C18H16N6OS/c1-10(2)7-12-9-13(20-19-12)17-23-24-16(21-22-18(24)26-17)15-8-11-5-3-4-6-14(11)25-15/h3-6,8-10H,7H2,1-2H3,(H,19,20). The fourth-order valence-electron chi connectivity index (χ4n) is 2.98. The Morgan fingerprint density at radius 3 is 2.92 bits per heavy atom. The molecule has 5 aromatic rings. The summed E-state index contributed by atoms with van der Waals surface area (Å²) in [6.45, 7) is 4.37. The first kappa shape index (κ1) is 15.3. The van der Waals surface area contributed by atoms with Gasteiger partial charge in [0.25, 0.3) is 0 Å². The van der Waals surface area contributed by atoms with E-state index in [0.29, 0.717) is 22.5 Å². The smallest absolute Gasteiger partial charge is 0.235 e. The van der Waals surface area contributed by atoms with Crippen molar-refractivity contribution in [2.45, 2.75) is 20.3 Å². The second-order valence-electron chi connectivity index (χ2n) is 6.65. The number of benzene rings is 1. The molecule has 0 saturated carbocycles. The van der Waals surface area contributed by atoms with E-state index < -0.39 is 0 Å². The lowest BCUT2D eigenvalue weighted by Gasteiger charge is -1.98. The van der Waals surface area contributed by atoms with Gasteiger partial charge in [-0.3, -0.25) is 5.10 Å². The Kier molecular flexibility index (Phi) is 3.39. The molecule has 0 fully saturated rings. The van der Waals surface area contributed by atoms with Crippen LogP contribution in [0.25, 0.3) is 38.2 Å². The van der Waals surface area contributed by atoms with E-state index >= 15 is 0 Å². The number of fused-ring (bicyclic) bond motifs is 2. The molecule has 0 aliphatic rings. The number of furan rings is 1. The molecule has 130 valence electrons. The minimum Gasteiger partial charge on any atom is -0.453 e. The van der Waals surface area contributed by atoms with Gasteiger partial charge in [0.2, 0.25) is 10.8 Å². The number of rotatable bonds is 4. The Labute approximate surface area is 152 Å². The van der Waals surface area contributed by atoms with Gasteiger partial charge in [-0.05, 0) is 30.5 Å². The third-order valence-corrected chi connectivity index (χ3v) is 5.04. The summed E-state index contributed by atoms with van der Waals surface area (Å²) in [5.74, 6) is 1.82. The van der Waals surface area contributed by atoms with Crippen molar-refractivity contribution >= 4 is 27.3 Å². The SMILES string of the molecule is CC(C)Cc1cc(-c2nn3c(-c4cc5ccccc5o4)nnc3s2)n[nH]1. The monoisotopic (exact) mass is 364 g/mol. The molecule has 0 saturated heterocycles. The van der Waals surface area contributed by atoms with Crippen molar-refractivity contribution in [2.75, 3.05) is 0 Å². The Morgan fingerprint density at radius 1 is 1.19 bits per heavy atom. The predicted octanol–water partition coefficient (Wildman–Crippen LogP) is 4.19. The summed E-state index contributed by atoms with van der Waals surface area (Å²) < 4.78 is 7.62. The van der Waals surface area contributed by atoms with E-state index in [9.17, 15) is 0 Å². The molecule has 7 nitrogen and oxygen atoms in total. The highest BCUT2D eigenvalue weighted by Crippen LogP contribution is 2.30. The third-order valence-electron chi connectivity index (χ3n) is 4.11. The Balaban J connectivity index is 1.56. The van der Waals surface area contributed by atoms with Crippen LogP contribution in [0.4, 0.5) is 0 Å². The van der Waals surface area contributed by atoms with Crippen LogP contribution >= 0.6 is 11.3 Å². The topological polar surface area (TPSA) is 84.9 Å². The zero-order valence-electron chi connectivity index (χ0n) is 14.3. The van der Waals surface area contributed by atoms with Gasteiger partial charge in [-0.1, -0.05) is 43.4 Å². The lowest BCUT2D eigenvalue weighted by atomic mass is 10.1. The molecule has 8 heteroatoms. The van der Waals surface area contributed by atoms with E-state index in [1.165, 1.54) is 11.3 Å². The molecule has 0 aliphatic carbocycles. The molecule has 0 bridgehead atoms. The van der Waals surface area contributed by atoms with Crippen molar-refractivity contribution in [3.05, 3.63) is 42.1 Å². The lowest BCUT2D eigenvalue weighted by Crippen LogP contribution is -1.93. The normalized spacial score (nSPS) is 12.0. The van der Waals surface area contributed by atoms with Crippen LogP contribution in [0, 0.1) is 5.92 Å². The maximum Gasteiger partial charge on any atom is 0.235 e. The molecule has 0 spiro atoms. The zero-order valence-corrected chi connectivity index (χ0v) is 15.1. The molecule has 0 aliphatic heterocycles. The average Bonchev–Trinajstić information content (AvgIpc) is 3.35. The molecule has 5 rings (SSSR count). The number of nitrogens with one attached hydrogen (secondary N) is 1. The first-order chi connectivity index (χ1) is 12.7. The van der Waals surface area contributed by atoms with Gasteiger partial charge in [0.15, 0.2) is 10.8 Å². The summed E-state index contributed by atoms with van der Waals surface area (Å²) in [6.07, 6.45) is 0.960. The molecule has 0 atom stereocenters. The first-order valence-electron chi connectivity index (χ1n) is 8.43. The largest absolute Gasteiger partial charge is 0.453 e. The van der Waals surface area contributed by atoms with Gasteiger partial charge in [0, 0.05) is 11.1 Å². The molecule has 0 amide bonds. The highest BCUT2D eigenvalue weighted by atomic mass is 32.1. The van der Waals surface area contributed by atoms with Gasteiger partial charge in [-0.25, -0.2) is 0 Å². The summed E-state index contributed by atoms with van der Waals surface area (Å²) in [5, 5.41) is 22.4. The van der Waals surface area contributed by atoms with Crippen LogP contribution in [0.5, 0.6) is 0 Å². The van der Waals surface area contributed by atoms with Gasteiger partial charge in [-0.2, -0.15) is 14.7 Å². The van der Waals surface area contributed by atoms with E-state index in [0.717, 1.165) is 33.8 Å². The molecule has 4 heterocycles. The predicted molar refractivity (Wildman–Crippen MR) is 100.0 cm³/mol. The van der Waals surface area contributed by atoms with Crippen molar-refractivity contribution in [3.8, 4) is 22.3 Å². The minimum absolute atomic E-state index is 0.570. The molecule has 0 radical (unpaired) electrons. The van der Waals surface area contributed by atoms with Crippen molar-refractivity contribution < 1.29 is 4.42 Å². The number of hydrogen-bond acceptors (Lipinski definition) is 6. The highest BCUT2D eigenvalue weighted by Gasteiger charge is 2.18. The summed E-state index contributed by atoms with van der Waals surface area (Å²) in [6, 6.07) is 11.9. The summed E-state index contributed by atoms with van der Waals surface area (Å²) in [4.78, 5) is 0.712. The fraction of sp³-hybridized carbons (Fsp3) is 0.222. The number of para-hydroxylation sites is 1. The summed E-state index contributed by atoms with van der Waals surface area (Å²) in [5.41, 5.74) is 2.76. The highest BCUT2D eigenvalue weighted by molar-refractivity contribution is 7.19. The number of H-pyrrole nitrogens is 1. The number of hydrogen-bond donors (Lipinski definition) is 1. The van der Waals surface area contributed by atoms with Crippen LogP contribution in [-0.2, 0) is 6.42 Å². The molecular formula is C18H16N6OS. The first-order valence-corrected chi connectivity index (χ1v) is 9.25. The summed E-state index contributed by atoms with van der Waals surface area (Å²) in [7, 11) is 0. The zero-order chi connectivity index (χ0) is 17.7. The van der Waals surface area contributed by atoms with Crippen LogP contribution < -0.4 is 0 Å². The molecule has 1 aromatic carbocycles. The van der Waals surface area contributed by atoms with Gasteiger partial charge in [-0.15, -0.1) is 10.2 Å². The van der Waals surface area contributed by atoms with Crippen LogP contribution in [-0.4, -0.2) is 30.0 Å². The van der Waals surface area contributed by atoms with Gasteiger partial charge < -0.3 is 4.42 Å². The molecule has 0 unspecified atom stereocenters. The third kappa shape index (κ3) is 2.50. The van der Waals surface area contributed by atoms with Crippen LogP contribution in [0.15, 0.2) is 40.8 Å². The van der Waals surface area contributed by atoms with Crippen LogP contribution in [0.3, 0.4) is 0 Å². The van der Waals surface area contributed by atoms with E-state index in [-0.39, 0.29) is 0 Å². The second kappa shape index (κ2) is 5.77. The number of nitrogens with zero attached hydrogens (tertiary/aromatic N) is 5. The summed E-state index contributed by atoms with van der Waals surface area (Å²) >= 11 is 1.46. The van der Waals surface area contributed by atoms with Crippen molar-refractivity contribution in [2.24, 2.45) is 5.92 Å². The fourth-order valence-corrected chi connectivity index (χ4v) is 3.78. The van der Waals surface area contributed by atoms with Crippen molar-refractivity contribution in [1.82, 2.24) is 30.0 Å². The van der Waals surface area contributed by atoms with E-state index in [2.05, 4.69) is 39.3 Å². The van der Waals surface area contributed by atoms with Crippen LogP contribution in [0.2, 0.25) is 0 Å². The molecular weight excluding hydrogens is 348 g/mol. The molecule has 26 heavy (non-hydrogen) atoms. The van der Waals surface area contributed by atoms with E-state index in [1.807, 2.05) is 36.4 Å². The number of aromatic amines is 1. The van der Waals surface area contributed by atoms with Gasteiger partial charge in [0.1, 0.15) is 11.3 Å². The van der Waals surface area contributed by atoms with E-state index in [4.69, 9.17) is 4.42 Å². The maximum absolute atomic E-state index is 5.90. The van der Waals surface area contributed by atoms with Crippen molar-refractivity contribution in [3.63, 3.8) is 0 Å². The Hall–Kier alpha value is -3.00. The quantitative estimate of drug-likeness (QED) is 0.517. The average molecular weight is 364 g/mol.